The number of methoxy groups -OCH3 is 1. The van der Waals surface area contributed by atoms with E-state index in [1.807, 2.05) is 61.5 Å². The van der Waals surface area contributed by atoms with E-state index in [0.29, 0.717) is 32.6 Å². The molecule has 1 aliphatic rings. The molecule has 3 rings (SSSR count). The summed E-state index contributed by atoms with van der Waals surface area (Å²) in [6.45, 7) is 3.81. The largest absolute Gasteiger partial charge is 0.497 e. The van der Waals surface area contributed by atoms with Crippen molar-refractivity contribution in [2.75, 3.05) is 31.8 Å². The number of benzene rings is 2. The standard InChI is InChI=1S/C24H30N2O4/c1-3-30-17-7-16-25-24(28)21-14-15-22(27)26(19-10-12-20(29-2)13-11-19)23(21)18-8-5-4-6-9-18/h4-6,8-13,21,23H,3,7,14-17H2,1-2H3,(H,25,28)/t21-,23-/m1/s1. The summed E-state index contributed by atoms with van der Waals surface area (Å²) in [5.41, 5.74) is 1.72. The summed E-state index contributed by atoms with van der Waals surface area (Å²) in [5, 5.41) is 3.04. The quantitative estimate of drug-likeness (QED) is 0.640. The molecule has 2 aromatic rings. The van der Waals surface area contributed by atoms with Gasteiger partial charge in [0.05, 0.1) is 19.1 Å². The van der Waals surface area contributed by atoms with Crippen LogP contribution < -0.4 is 15.0 Å². The van der Waals surface area contributed by atoms with Crippen LogP contribution in [0.4, 0.5) is 5.69 Å². The smallest absolute Gasteiger partial charge is 0.227 e. The summed E-state index contributed by atoms with van der Waals surface area (Å²) in [4.78, 5) is 27.8. The Morgan fingerprint density at radius 3 is 2.53 bits per heavy atom. The van der Waals surface area contributed by atoms with Gasteiger partial charge in [-0.05, 0) is 49.6 Å². The molecule has 1 saturated heterocycles. The minimum atomic E-state index is -0.354. The highest BCUT2D eigenvalue weighted by atomic mass is 16.5. The van der Waals surface area contributed by atoms with Crippen molar-refractivity contribution >= 4 is 17.5 Å². The number of nitrogens with one attached hydrogen (secondary N) is 1. The maximum Gasteiger partial charge on any atom is 0.227 e. The Hall–Kier alpha value is -2.86. The van der Waals surface area contributed by atoms with Gasteiger partial charge in [0.15, 0.2) is 0 Å². The van der Waals surface area contributed by atoms with Crippen LogP contribution in [0.25, 0.3) is 0 Å². The van der Waals surface area contributed by atoms with E-state index in [-0.39, 0.29) is 23.8 Å². The molecule has 6 heteroatoms. The molecule has 6 nitrogen and oxygen atoms in total. The number of carbonyl (C=O) groups excluding carboxylic acids is 2. The molecule has 0 bridgehead atoms. The number of nitrogens with zero attached hydrogens (tertiary/aromatic N) is 1. The minimum Gasteiger partial charge on any atom is -0.497 e. The van der Waals surface area contributed by atoms with Gasteiger partial charge in [0.2, 0.25) is 11.8 Å². The predicted octanol–water partition coefficient (Wildman–Crippen LogP) is 3.72. The van der Waals surface area contributed by atoms with Crippen LogP contribution in [0.2, 0.25) is 0 Å². The van der Waals surface area contributed by atoms with Gasteiger partial charge in [-0.1, -0.05) is 30.3 Å². The maximum atomic E-state index is 13.1. The van der Waals surface area contributed by atoms with Gasteiger partial charge in [-0.3, -0.25) is 9.59 Å². The number of carbonyl (C=O) groups is 2. The normalized spacial score (nSPS) is 18.9. The van der Waals surface area contributed by atoms with E-state index in [2.05, 4.69) is 5.32 Å². The van der Waals surface area contributed by atoms with Crippen LogP contribution in [-0.2, 0) is 14.3 Å². The van der Waals surface area contributed by atoms with Gasteiger partial charge in [0.25, 0.3) is 0 Å². The fourth-order valence-corrected chi connectivity index (χ4v) is 3.91. The Bertz CT molecular complexity index is 823. The summed E-state index contributed by atoms with van der Waals surface area (Å²) >= 11 is 0. The predicted molar refractivity (Wildman–Crippen MR) is 117 cm³/mol. The minimum absolute atomic E-state index is 0.0219. The number of piperidine rings is 1. The van der Waals surface area contributed by atoms with Crippen LogP contribution in [-0.4, -0.2) is 38.7 Å². The molecule has 30 heavy (non-hydrogen) atoms. The number of rotatable bonds is 9. The molecule has 0 unspecified atom stereocenters. The van der Waals surface area contributed by atoms with E-state index < -0.39 is 0 Å². The van der Waals surface area contributed by atoms with E-state index in [1.165, 1.54) is 0 Å². The average Bonchev–Trinajstić information content (AvgIpc) is 2.79. The first-order valence-corrected chi connectivity index (χ1v) is 10.5. The second kappa shape index (κ2) is 10.8. The molecule has 0 spiro atoms. The third-order valence-electron chi connectivity index (χ3n) is 5.39. The molecular formula is C24H30N2O4. The van der Waals surface area contributed by atoms with Crippen molar-refractivity contribution in [3.63, 3.8) is 0 Å². The zero-order valence-electron chi connectivity index (χ0n) is 17.7. The SMILES string of the molecule is CCOCCCNC(=O)[C@@H]1CCC(=O)N(c2ccc(OC)cc2)[C@@H]1c1ccccc1. The number of hydrogen-bond donors (Lipinski definition) is 1. The van der Waals surface area contributed by atoms with Gasteiger partial charge in [-0.25, -0.2) is 0 Å². The van der Waals surface area contributed by atoms with Gasteiger partial charge in [0.1, 0.15) is 5.75 Å². The summed E-state index contributed by atoms with van der Waals surface area (Å²) in [7, 11) is 1.61. The van der Waals surface area contributed by atoms with Gasteiger partial charge < -0.3 is 19.7 Å². The zero-order chi connectivity index (χ0) is 21.3. The lowest BCUT2D eigenvalue weighted by Gasteiger charge is -2.41. The van der Waals surface area contributed by atoms with Crippen molar-refractivity contribution in [3.05, 3.63) is 60.2 Å². The summed E-state index contributed by atoms with van der Waals surface area (Å²) in [6, 6.07) is 16.8. The molecule has 1 fully saturated rings. The fourth-order valence-electron chi connectivity index (χ4n) is 3.91. The lowest BCUT2D eigenvalue weighted by atomic mass is 9.83. The molecule has 0 aromatic heterocycles. The average molecular weight is 411 g/mol. The van der Waals surface area contributed by atoms with Gasteiger partial charge in [0, 0.05) is 31.9 Å². The topological polar surface area (TPSA) is 67.9 Å². The van der Waals surface area contributed by atoms with E-state index >= 15 is 0 Å². The molecule has 0 aliphatic carbocycles. The molecule has 2 aromatic carbocycles. The number of anilines is 1. The van der Waals surface area contributed by atoms with Crippen molar-refractivity contribution in [3.8, 4) is 5.75 Å². The van der Waals surface area contributed by atoms with E-state index in [1.54, 1.807) is 12.0 Å². The number of hydrogen-bond acceptors (Lipinski definition) is 4. The van der Waals surface area contributed by atoms with Crippen molar-refractivity contribution in [1.29, 1.82) is 0 Å². The molecule has 1 aliphatic heterocycles. The molecule has 160 valence electrons. The van der Waals surface area contributed by atoms with Crippen molar-refractivity contribution < 1.29 is 19.1 Å². The molecule has 2 amide bonds. The van der Waals surface area contributed by atoms with Crippen molar-refractivity contribution in [1.82, 2.24) is 5.32 Å². The van der Waals surface area contributed by atoms with Crippen LogP contribution >= 0.6 is 0 Å². The first-order valence-electron chi connectivity index (χ1n) is 10.5. The lowest BCUT2D eigenvalue weighted by Crippen LogP contribution is -2.48. The maximum absolute atomic E-state index is 13.1. The molecule has 1 N–H and O–H groups in total. The third kappa shape index (κ3) is 5.19. The zero-order valence-corrected chi connectivity index (χ0v) is 17.7. The van der Waals surface area contributed by atoms with E-state index in [0.717, 1.165) is 23.4 Å². The highest BCUT2D eigenvalue weighted by Gasteiger charge is 2.41. The Balaban J connectivity index is 1.86. The Morgan fingerprint density at radius 2 is 1.87 bits per heavy atom. The molecule has 2 atom stereocenters. The number of ether oxygens (including phenoxy) is 2. The van der Waals surface area contributed by atoms with Crippen molar-refractivity contribution in [2.24, 2.45) is 5.92 Å². The summed E-state index contributed by atoms with van der Waals surface area (Å²) < 4.78 is 10.6. The van der Waals surface area contributed by atoms with Crippen molar-refractivity contribution in [2.45, 2.75) is 32.2 Å². The third-order valence-corrected chi connectivity index (χ3v) is 5.39. The highest BCUT2D eigenvalue weighted by Crippen LogP contribution is 2.40. The van der Waals surface area contributed by atoms with E-state index in [4.69, 9.17) is 9.47 Å². The van der Waals surface area contributed by atoms with Crippen LogP contribution in [0.1, 0.15) is 37.8 Å². The lowest BCUT2D eigenvalue weighted by molar-refractivity contribution is -0.129. The Labute approximate surface area is 178 Å². The first-order chi connectivity index (χ1) is 14.7. The summed E-state index contributed by atoms with van der Waals surface area (Å²) in [6.07, 6.45) is 1.64. The van der Waals surface area contributed by atoms with Gasteiger partial charge in [-0.2, -0.15) is 0 Å². The molecule has 1 heterocycles. The van der Waals surface area contributed by atoms with Crippen LogP contribution in [0.15, 0.2) is 54.6 Å². The number of amides is 2. The van der Waals surface area contributed by atoms with Crippen LogP contribution in [0.3, 0.4) is 0 Å². The van der Waals surface area contributed by atoms with Crippen LogP contribution in [0.5, 0.6) is 5.75 Å². The van der Waals surface area contributed by atoms with Gasteiger partial charge in [-0.15, -0.1) is 0 Å². The van der Waals surface area contributed by atoms with Crippen LogP contribution in [0, 0.1) is 5.92 Å². The molecule has 0 saturated carbocycles. The monoisotopic (exact) mass is 410 g/mol. The highest BCUT2D eigenvalue weighted by molar-refractivity contribution is 5.97. The fraction of sp³-hybridized carbons (Fsp3) is 0.417. The van der Waals surface area contributed by atoms with E-state index in [9.17, 15) is 9.59 Å². The van der Waals surface area contributed by atoms with Gasteiger partial charge >= 0.3 is 0 Å². The summed E-state index contributed by atoms with van der Waals surface area (Å²) in [5.74, 6) is 0.406. The molecule has 0 radical (unpaired) electrons. The molecular weight excluding hydrogens is 380 g/mol. The Morgan fingerprint density at radius 1 is 1.13 bits per heavy atom. The Kier molecular flexibility index (Phi) is 7.85. The first kappa shape index (κ1) is 21.8. The second-order valence-electron chi connectivity index (χ2n) is 7.30. The second-order valence-corrected chi connectivity index (χ2v) is 7.30.